The fourth-order valence-electron chi connectivity index (χ4n) is 4.73. The lowest BCUT2D eigenvalue weighted by Crippen LogP contribution is -2.40. The fraction of sp³-hybridized carbons (Fsp3) is 0.333. The van der Waals surface area contributed by atoms with E-state index in [1.54, 1.807) is 31.3 Å². The van der Waals surface area contributed by atoms with Crippen LogP contribution >= 0.6 is 0 Å². The zero-order valence-electron chi connectivity index (χ0n) is 17.7. The number of hydrogen-bond acceptors (Lipinski definition) is 4. The van der Waals surface area contributed by atoms with Crippen LogP contribution in [-0.2, 0) is 22.6 Å². The Balaban J connectivity index is 1.35. The predicted molar refractivity (Wildman–Crippen MR) is 117 cm³/mol. The molecule has 2 aliphatic rings. The van der Waals surface area contributed by atoms with Crippen LogP contribution in [0.1, 0.15) is 17.7 Å². The summed E-state index contributed by atoms with van der Waals surface area (Å²) in [7, 11) is 3.15. The fourth-order valence-corrected chi connectivity index (χ4v) is 4.73. The van der Waals surface area contributed by atoms with Gasteiger partial charge in [-0.15, -0.1) is 0 Å². The maximum atomic E-state index is 13.3. The van der Waals surface area contributed by atoms with Crippen LogP contribution in [0.25, 0.3) is 10.9 Å². The molecule has 31 heavy (non-hydrogen) atoms. The molecule has 7 heteroatoms. The van der Waals surface area contributed by atoms with E-state index in [4.69, 9.17) is 9.47 Å². The van der Waals surface area contributed by atoms with E-state index in [9.17, 15) is 9.59 Å². The second kappa shape index (κ2) is 7.65. The van der Waals surface area contributed by atoms with Crippen LogP contribution in [0.4, 0.5) is 5.69 Å². The Kier molecular flexibility index (Phi) is 4.81. The van der Waals surface area contributed by atoms with Crippen LogP contribution in [0.2, 0.25) is 0 Å². The summed E-state index contributed by atoms with van der Waals surface area (Å²) in [5.74, 6) is 0.835. The maximum absolute atomic E-state index is 13.3. The number of aromatic nitrogens is 1. The second-order valence-electron chi connectivity index (χ2n) is 8.08. The lowest BCUT2D eigenvalue weighted by atomic mass is 10.0. The van der Waals surface area contributed by atoms with Crippen LogP contribution in [-0.4, -0.2) is 49.0 Å². The number of anilines is 1. The van der Waals surface area contributed by atoms with Crippen molar-refractivity contribution < 1.29 is 19.1 Å². The number of fused-ring (bicyclic) bond motifs is 3. The van der Waals surface area contributed by atoms with Crippen molar-refractivity contribution in [2.75, 3.05) is 32.2 Å². The highest BCUT2D eigenvalue weighted by Crippen LogP contribution is 2.37. The van der Waals surface area contributed by atoms with Gasteiger partial charge in [0, 0.05) is 60.7 Å². The average Bonchev–Trinajstić information content (AvgIpc) is 3.38. The van der Waals surface area contributed by atoms with Gasteiger partial charge in [0.05, 0.1) is 25.8 Å². The number of nitrogens with one attached hydrogen (secondary N) is 1. The number of aromatic amines is 1. The molecule has 3 heterocycles. The number of para-hydroxylation sites is 1. The van der Waals surface area contributed by atoms with Crippen molar-refractivity contribution in [3.63, 3.8) is 0 Å². The molecule has 2 amide bonds. The molecule has 2 aliphatic heterocycles. The van der Waals surface area contributed by atoms with Gasteiger partial charge >= 0.3 is 0 Å². The van der Waals surface area contributed by atoms with Crippen LogP contribution in [0.15, 0.2) is 42.5 Å². The highest BCUT2D eigenvalue weighted by Gasteiger charge is 2.39. The number of benzene rings is 2. The van der Waals surface area contributed by atoms with Crippen LogP contribution in [0.3, 0.4) is 0 Å². The Morgan fingerprint density at radius 2 is 1.97 bits per heavy atom. The molecule has 1 fully saturated rings. The van der Waals surface area contributed by atoms with Crippen molar-refractivity contribution >= 4 is 28.4 Å². The number of amides is 2. The summed E-state index contributed by atoms with van der Waals surface area (Å²) in [6.45, 7) is 1.60. The Morgan fingerprint density at radius 1 is 1.13 bits per heavy atom. The first-order valence-electron chi connectivity index (χ1n) is 10.5. The van der Waals surface area contributed by atoms with Gasteiger partial charge < -0.3 is 24.3 Å². The van der Waals surface area contributed by atoms with Crippen molar-refractivity contribution in [2.24, 2.45) is 5.92 Å². The molecule has 3 aromatic rings. The molecule has 0 aliphatic carbocycles. The molecule has 0 unspecified atom stereocenters. The van der Waals surface area contributed by atoms with Gasteiger partial charge in [0.15, 0.2) is 0 Å². The molecule has 1 atom stereocenters. The highest BCUT2D eigenvalue weighted by atomic mass is 16.5. The Morgan fingerprint density at radius 3 is 2.77 bits per heavy atom. The van der Waals surface area contributed by atoms with Gasteiger partial charge in [-0.1, -0.05) is 18.2 Å². The maximum Gasteiger partial charge on any atom is 0.228 e. The van der Waals surface area contributed by atoms with E-state index in [1.807, 2.05) is 23.1 Å². The standard InChI is InChI=1S/C24H25N3O4/c1-30-16-7-8-21(22(12-16)31-2)27-13-15(11-23(27)28)24(29)26-10-9-20-18(14-26)17-5-3-4-6-19(17)25-20/h3-8,12,15,25H,9-11,13-14H2,1-2H3/t15-/m1/s1. The quantitative estimate of drug-likeness (QED) is 0.705. The molecule has 7 nitrogen and oxygen atoms in total. The van der Waals surface area contributed by atoms with E-state index in [2.05, 4.69) is 17.1 Å². The number of carbonyl (C=O) groups is 2. The first-order valence-corrected chi connectivity index (χ1v) is 10.5. The SMILES string of the molecule is COc1ccc(N2C[C@H](C(=O)N3CCc4[nH]c5ccccc5c4C3)CC2=O)c(OC)c1. The Labute approximate surface area is 180 Å². The monoisotopic (exact) mass is 419 g/mol. The minimum absolute atomic E-state index is 0.0410. The number of methoxy groups -OCH3 is 2. The molecule has 0 spiro atoms. The van der Waals surface area contributed by atoms with Crippen molar-refractivity contribution in [1.29, 1.82) is 0 Å². The second-order valence-corrected chi connectivity index (χ2v) is 8.08. The van der Waals surface area contributed by atoms with Crippen molar-refractivity contribution in [1.82, 2.24) is 9.88 Å². The third-order valence-corrected chi connectivity index (χ3v) is 6.35. The van der Waals surface area contributed by atoms with Gasteiger partial charge in [0.25, 0.3) is 0 Å². The summed E-state index contributed by atoms with van der Waals surface area (Å²) in [6, 6.07) is 13.5. The number of hydrogen-bond donors (Lipinski definition) is 1. The van der Waals surface area contributed by atoms with E-state index < -0.39 is 0 Å². The first-order chi connectivity index (χ1) is 15.1. The van der Waals surface area contributed by atoms with Gasteiger partial charge in [-0.2, -0.15) is 0 Å². The smallest absolute Gasteiger partial charge is 0.228 e. The molecule has 160 valence electrons. The topological polar surface area (TPSA) is 74.9 Å². The minimum Gasteiger partial charge on any atom is -0.497 e. The predicted octanol–water partition coefficient (Wildman–Crippen LogP) is 3.12. The number of nitrogens with zero attached hydrogens (tertiary/aromatic N) is 2. The van der Waals surface area contributed by atoms with E-state index >= 15 is 0 Å². The molecule has 1 aromatic heterocycles. The highest BCUT2D eigenvalue weighted by molar-refractivity contribution is 6.01. The molecule has 0 bridgehead atoms. The van der Waals surface area contributed by atoms with Crippen molar-refractivity contribution in [2.45, 2.75) is 19.4 Å². The van der Waals surface area contributed by atoms with Crippen LogP contribution < -0.4 is 14.4 Å². The molecule has 1 N–H and O–H groups in total. The van der Waals surface area contributed by atoms with Gasteiger partial charge in [-0.25, -0.2) is 0 Å². The molecular formula is C24H25N3O4. The molecule has 0 radical (unpaired) electrons. The van der Waals surface area contributed by atoms with E-state index in [0.29, 0.717) is 36.8 Å². The first kappa shape index (κ1) is 19.5. The largest absolute Gasteiger partial charge is 0.497 e. The third kappa shape index (κ3) is 3.30. The van der Waals surface area contributed by atoms with Gasteiger partial charge in [-0.3, -0.25) is 9.59 Å². The molecule has 5 rings (SSSR count). The third-order valence-electron chi connectivity index (χ3n) is 6.35. The van der Waals surface area contributed by atoms with E-state index in [0.717, 1.165) is 11.9 Å². The van der Waals surface area contributed by atoms with Gasteiger partial charge in [0.2, 0.25) is 11.8 Å². The Hall–Kier alpha value is -3.48. The summed E-state index contributed by atoms with van der Waals surface area (Å²) in [6.07, 6.45) is 1.01. The van der Waals surface area contributed by atoms with Crippen LogP contribution in [0.5, 0.6) is 11.5 Å². The van der Waals surface area contributed by atoms with Crippen LogP contribution in [0, 0.1) is 5.92 Å². The summed E-state index contributed by atoms with van der Waals surface area (Å²) >= 11 is 0. The lowest BCUT2D eigenvalue weighted by molar-refractivity contribution is -0.136. The molecule has 2 aromatic carbocycles. The van der Waals surface area contributed by atoms with E-state index in [-0.39, 0.29) is 24.2 Å². The Bertz CT molecular complexity index is 1170. The number of H-pyrrole nitrogens is 1. The zero-order valence-corrected chi connectivity index (χ0v) is 17.7. The number of carbonyl (C=O) groups excluding carboxylic acids is 2. The van der Waals surface area contributed by atoms with Crippen molar-refractivity contribution in [3.05, 3.63) is 53.7 Å². The number of ether oxygens (including phenoxy) is 2. The zero-order chi connectivity index (χ0) is 21.5. The summed E-state index contributed by atoms with van der Waals surface area (Å²) < 4.78 is 10.7. The number of rotatable bonds is 4. The summed E-state index contributed by atoms with van der Waals surface area (Å²) in [5, 5.41) is 1.17. The molecular weight excluding hydrogens is 394 g/mol. The summed E-state index contributed by atoms with van der Waals surface area (Å²) in [5.41, 5.74) is 4.17. The van der Waals surface area contributed by atoms with Crippen molar-refractivity contribution in [3.8, 4) is 11.5 Å². The molecule has 0 saturated carbocycles. The lowest BCUT2D eigenvalue weighted by Gasteiger charge is -2.29. The minimum atomic E-state index is -0.355. The molecule has 1 saturated heterocycles. The normalized spacial score (nSPS) is 18.4. The average molecular weight is 419 g/mol. The summed E-state index contributed by atoms with van der Waals surface area (Å²) in [4.78, 5) is 33.2. The van der Waals surface area contributed by atoms with Gasteiger partial charge in [0.1, 0.15) is 11.5 Å². The van der Waals surface area contributed by atoms with E-state index in [1.165, 1.54) is 16.6 Å². The van der Waals surface area contributed by atoms with Gasteiger partial charge in [-0.05, 0) is 18.2 Å².